The second-order valence-corrected chi connectivity index (χ2v) is 5.64. The molecule has 1 heterocycles. The highest BCUT2D eigenvalue weighted by Gasteiger charge is 2.39. The summed E-state index contributed by atoms with van der Waals surface area (Å²) in [5.41, 5.74) is 2.10. The molecule has 3 rings (SSSR count). The molecule has 6 heteroatoms. The van der Waals surface area contributed by atoms with Crippen molar-refractivity contribution in [2.45, 2.75) is 32.2 Å². The third-order valence-corrected chi connectivity index (χ3v) is 4.23. The van der Waals surface area contributed by atoms with Crippen molar-refractivity contribution in [3.63, 3.8) is 0 Å². The quantitative estimate of drug-likeness (QED) is 0.811. The first kappa shape index (κ1) is 14.6. The van der Waals surface area contributed by atoms with Crippen LogP contribution < -0.4 is 10.6 Å². The monoisotopic (exact) mass is 301 g/mol. The first-order chi connectivity index (χ1) is 10.5. The highest BCUT2D eigenvalue weighted by molar-refractivity contribution is 5.88. The molecule has 22 heavy (non-hydrogen) atoms. The highest BCUT2D eigenvalue weighted by atomic mass is 16.4. The van der Waals surface area contributed by atoms with E-state index in [1.807, 2.05) is 31.2 Å². The largest absolute Gasteiger partial charge is 0.428 e. The molecule has 1 aromatic carbocycles. The molecule has 1 unspecified atom stereocenters. The van der Waals surface area contributed by atoms with Gasteiger partial charge in [0.2, 0.25) is 0 Å². The van der Waals surface area contributed by atoms with Crippen LogP contribution in [0.25, 0.3) is 0 Å². The number of aryl methyl sites for hydroxylation is 3. The van der Waals surface area contributed by atoms with Gasteiger partial charge in [-0.05, 0) is 37.8 Å². The van der Waals surface area contributed by atoms with E-state index in [2.05, 4.69) is 15.6 Å². The van der Waals surface area contributed by atoms with Crippen molar-refractivity contribution in [3.05, 3.63) is 46.8 Å². The number of nitrogens with one attached hydrogen (secondary N) is 2. The Morgan fingerprint density at radius 2 is 2.18 bits per heavy atom. The molecule has 0 radical (unpaired) electrons. The predicted octanol–water partition coefficient (Wildman–Crippen LogP) is 2.25. The lowest BCUT2D eigenvalue weighted by molar-refractivity contribution is 0.163. The van der Waals surface area contributed by atoms with E-state index in [1.165, 1.54) is 0 Å². The van der Waals surface area contributed by atoms with E-state index >= 15 is 0 Å². The molecule has 6 nitrogen and oxygen atoms in total. The second kappa shape index (κ2) is 5.46. The van der Waals surface area contributed by atoms with Crippen molar-refractivity contribution in [2.75, 3.05) is 11.9 Å². The topological polar surface area (TPSA) is 87.4 Å². The zero-order valence-corrected chi connectivity index (χ0v) is 12.6. The number of oxazole rings is 1. The minimum atomic E-state index is -0.753. The van der Waals surface area contributed by atoms with Crippen LogP contribution in [0.15, 0.2) is 28.7 Å². The lowest BCUT2D eigenvalue weighted by Crippen LogP contribution is -2.48. The Morgan fingerprint density at radius 1 is 1.41 bits per heavy atom. The van der Waals surface area contributed by atoms with Crippen LogP contribution in [0.2, 0.25) is 0 Å². The molecule has 2 amide bonds. The maximum atomic E-state index is 12.2. The molecule has 0 saturated heterocycles. The van der Waals surface area contributed by atoms with E-state index in [4.69, 9.17) is 4.42 Å². The van der Waals surface area contributed by atoms with E-state index in [1.54, 1.807) is 6.92 Å². The van der Waals surface area contributed by atoms with Crippen molar-refractivity contribution in [3.8, 4) is 0 Å². The van der Waals surface area contributed by atoms with E-state index in [0.717, 1.165) is 23.2 Å². The molecule has 0 bridgehead atoms. The standard InChI is InChI=1S/C16H19N3O3/c1-10-11(2)22-15(17-10)18-14(21)19-16(9-20)8-7-12-5-3-4-6-13(12)16/h3-6,20H,7-9H2,1-2H3,(H2,17,18,19,21). The van der Waals surface area contributed by atoms with Crippen LogP contribution >= 0.6 is 0 Å². The number of carbonyl (C=O) groups excluding carboxylic acids is 1. The molecule has 0 aliphatic heterocycles. The summed E-state index contributed by atoms with van der Waals surface area (Å²) in [4.78, 5) is 16.3. The summed E-state index contributed by atoms with van der Waals surface area (Å²) < 4.78 is 5.34. The van der Waals surface area contributed by atoms with E-state index in [9.17, 15) is 9.90 Å². The zero-order valence-electron chi connectivity index (χ0n) is 12.6. The summed E-state index contributed by atoms with van der Waals surface area (Å²) in [5, 5.41) is 15.3. The van der Waals surface area contributed by atoms with Crippen molar-refractivity contribution in [1.29, 1.82) is 0 Å². The number of amides is 2. The van der Waals surface area contributed by atoms with Crippen molar-refractivity contribution in [2.24, 2.45) is 0 Å². The Bertz CT molecular complexity index is 691. The molecule has 1 atom stereocenters. The van der Waals surface area contributed by atoms with Crippen molar-refractivity contribution < 1.29 is 14.3 Å². The van der Waals surface area contributed by atoms with Crippen LogP contribution in [0.4, 0.5) is 10.8 Å². The number of carbonyl (C=O) groups is 1. The lowest BCUT2D eigenvalue weighted by atomic mass is 9.93. The lowest BCUT2D eigenvalue weighted by Gasteiger charge is -2.29. The molecule has 3 N–H and O–H groups in total. The number of aliphatic hydroxyl groups excluding tert-OH is 1. The molecule has 0 fully saturated rings. The van der Waals surface area contributed by atoms with Gasteiger partial charge in [0, 0.05) is 0 Å². The minimum absolute atomic E-state index is 0.152. The number of nitrogens with zero attached hydrogens (tertiary/aromatic N) is 1. The Morgan fingerprint density at radius 3 is 2.86 bits per heavy atom. The van der Waals surface area contributed by atoms with Gasteiger partial charge in [-0.2, -0.15) is 4.98 Å². The molecular weight excluding hydrogens is 282 g/mol. The maximum absolute atomic E-state index is 12.2. The predicted molar refractivity (Wildman–Crippen MR) is 81.7 cm³/mol. The van der Waals surface area contributed by atoms with Crippen molar-refractivity contribution in [1.82, 2.24) is 10.3 Å². The van der Waals surface area contributed by atoms with E-state index in [-0.39, 0.29) is 12.6 Å². The fourth-order valence-electron chi connectivity index (χ4n) is 2.89. The SMILES string of the molecule is Cc1nc(NC(=O)NC2(CO)CCc3ccccc32)oc1C. The van der Waals surface area contributed by atoms with Gasteiger partial charge < -0.3 is 14.8 Å². The normalized spacial score (nSPS) is 19.8. The molecule has 1 aliphatic carbocycles. The Balaban J connectivity index is 1.77. The third kappa shape index (κ3) is 2.46. The molecule has 116 valence electrons. The summed E-state index contributed by atoms with van der Waals surface area (Å²) >= 11 is 0. The number of fused-ring (bicyclic) bond motifs is 1. The third-order valence-electron chi connectivity index (χ3n) is 4.23. The fraction of sp³-hybridized carbons (Fsp3) is 0.375. The Hall–Kier alpha value is -2.34. The molecule has 1 aliphatic rings. The zero-order chi connectivity index (χ0) is 15.7. The molecule has 0 saturated carbocycles. The van der Waals surface area contributed by atoms with Gasteiger partial charge >= 0.3 is 12.0 Å². The summed E-state index contributed by atoms with van der Waals surface area (Å²) in [5.74, 6) is 0.665. The Labute approximate surface area is 128 Å². The average molecular weight is 301 g/mol. The van der Waals surface area contributed by atoms with Gasteiger partial charge in [-0.3, -0.25) is 5.32 Å². The van der Waals surface area contributed by atoms with Crippen molar-refractivity contribution >= 4 is 12.0 Å². The molecular formula is C16H19N3O3. The summed E-state index contributed by atoms with van der Waals surface area (Å²) in [7, 11) is 0. The van der Waals surface area contributed by atoms with Crippen LogP contribution in [0.3, 0.4) is 0 Å². The molecule has 2 aromatic rings. The number of aliphatic hydroxyl groups is 1. The van der Waals surface area contributed by atoms with Crippen LogP contribution in [0.1, 0.15) is 29.0 Å². The maximum Gasteiger partial charge on any atom is 0.323 e. The minimum Gasteiger partial charge on any atom is -0.428 e. The van der Waals surface area contributed by atoms with Gasteiger partial charge in [0.1, 0.15) is 5.76 Å². The number of anilines is 1. The van der Waals surface area contributed by atoms with Crippen LogP contribution in [0, 0.1) is 13.8 Å². The average Bonchev–Trinajstić information content (AvgIpc) is 3.01. The first-order valence-corrected chi connectivity index (χ1v) is 7.26. The summed E-state index contributed by atoms with van der Waals surface area (Å²) in [6, 6.07) is 7.56. The fourth-order valence-corrected chi connectivity index (χ4v) is 2.89. The van der Waals surface area contributed by atoms with Gasteiger partial charge in [0.25, 0.3) is 0 Å². The van der Waals surface area contributed by atoms with E-state index < -0.39 is 11.6 Å². The van der Waals surface area contributed by atoms with Crippen LogP contribution in [-0.4, -0.2) is 22.7 Å². The van der Waals surface area contributed by atoms with E-state index in [0.29, 0.717) is 12.2 Å². The van der Waals surface area contributed by atoms with Crippen LogP contribution in [-0.2, 0) is 12.0 Å². The number of benzene rings is 1. The number of urea groups is 1. The smallest absolute Gasteiger partial charge is 0.323 e. The number of hydrogen-bond acceptors (Lipinski definition) is 4. The Kier molecular flexibility index (Phi) is 3.62. The van der Waals surface area contributed by atoms with Crippen LogP contribution in [0.5, 0.6) is 0 Å². The molecule has 1 aromatic heterocycles. The first-order valence-electron chi connectivity index (χ1n) is 7.26. The van der Waals surface area contributed by atoms with Gasteiger partial charge in [0.05, 0.1) is 17.8 Å². The number of rotatable bonds is 3. The number of hydrogen-bond donors (Lipinski definition) is 3. The summed E-state index contributed by atoms with van der Waals surface area (Å²) in [6.45, 7) is 3.44. The highest BCUT2D eigenvalue weighted by Crippen LogP contribution is 2.36. The van der Waals surface area contributed by atoms with Gasteiger partial charge in [0.15, 0.2) is 0 Å². The van der Waals surface area contributed by atoms with Gasteiger partial charge in [-0.1, -0.05) is 24.3 Å². The van der Waals surface area contributed by atoms with Gasteiger partial charge in [-0.25, -0.2) is 4.79 Å². The second-order valence-electron chi connectivity index (χ2n) is 5.64. The molecule has 0 spiro atoms. The number of aromatic nitrogens is 1. The summed E-state index contributed by atoms with van der Waals surface area (Å²) in [6.07, 6.45) is 1.49. The van der Waals surface area contributed by atoms with Gasteiger partial charge in [-0.15, -0.1) is 0 Å².